The predicted octanol–water partition coefficient (Wildman–Crippen LogP) is 3.60. The van der Waals surface area contributed by atoms with Crippen molar-refractivity contribution in [2.45, 2.75) is 45.4 Å². The second kappa shape index (κ2) is 6.50. The minimum absolute atomic E-state index is 0.0774. The van der Waals surface area contributed by atoms with E-state index >= 15 is 0 Å². The zero-order valence-electron chi connectivity index (χ0n) is 13.0. The molecule has 1 aliphatic carbocycles. The molecule has 3 rings (SSSR count). The van der Waals surface area contributed by atoms with Gasteiger partial charge in [0.25, 0.3) is 5.91 Å². The van der Waals surface area contributed by atoms with Crippen molar-refractivity contribution in [1.82, 2.24) is 5.32 Å². The van der Waals surface area contributed by atoms with Crippen molar-refractivity contribution in [1.29, 1.82) is 0 Å². The highest BCUT2D eigenvalue weighted by molar-refractivity contribution is 5.95. The summed E-state index contributed by atoms with van der Waals surface area (Å²) in [5, 5.41) is 6.42. The summed E-state index contributed by atoms with van der Waals surface area (Å²) in [6, 6.07) is 5.99. The van der Waals surface area contributed by atoms with E-state index in [2.05, 4.69) is 17.6 Å². The van der Waals surface area contributed by atoms with Crippen LogP contribution in [-0.4, -0.2) is 19.0 Å². The first kappa shape index (κ1) is 14.4. The molecule has 0 spiro atoms. The van der Waals surface area contributed by atoms with Gasteiger partial charge < -0.3 is 10.6 Å². The molecule has 0 saturated heterocycles. The first-order valence-corrected chi connectivity index (χ1v) is 8.37. The van der Waals surface area contributed by atoms with Crippen LogP contribution in [0.15, 0.2) is 18.2 Å². The van der Waals surface area contributed by atoms with Crippen LogP contribution in [0, 0.1) is 11.8 Å². The van der Waals surface area contributed by atoms with Crippen molar-refractivity contribution in [2.75, 3.05) is 18.4 Å². The molecule has 1 saturated carbocycles. The Balaban J connectivity index is 1.48. The number of benzene rings is 1. The highest BCUT2D eigenvalue weighted by Crippen LogP contribution is 2.30. The molecular weight excluding hydrogens is 260 g/mol. The van der Waals surface area contributed by atoms with Crippen molar-refractivity contribution in [3.05, 3.63) is 29.3 Å². The summed E-state index contributed by atoms with van der Waals surface area (Å²) in [6.45, 7) is 4.15. The molecule has 114 valence electrons. The summed E-state index contributed by atoms with van der Waals surface area (Å²) in [5.74, 6) is 1.75. The van der Waals surface area contributed by atoms with E-state index in [4.69, 9.17) is 0 Å². The van der Waals surface area contributed by atoms with Crippen LogP contribution in [0.2, 0.25) is 0 Å². The van der Waals surface area contributed by atoms with E-state index in [0.29, 0.717) is 0 Å². The van der Waals surface area contributed by atoms with Crippen molar-refractivity contribution in [3.63, 3.8) is 0 Å². The van der Waals surface area contributed by atoms with Gasteiger partial charge in [0.05, 0.1) is 0 Å². The Kier molecular flexibility index (Phi) is 4.47. The maximum absolute atomic E-state index is 12.2. The van der Waals surface area contributed by atoms with E-state index in [1.807, 2.05) is 18.2 Å². The van der Waals surface area contributed by atoms with Gasteiger partial charge >= 0.3 is 0 Å². The molecule has 1 aromatic carbocycles. The maximum Gasteiger partial charge on any atom is 0.251 e. The summed E-state index contributed by atoms with van der Waals surface area (Å²) < 4.78 is 0. The van der Waals surface area contributed by atoms with E-state index in [0.717, 1.165) is 43.3 Å². The number of rotatable bonds is 4. The number of carbonyl (C=O) groups excluding carboxylic acids is 1. The van der Waals surface area contributed by atoms with Crippen LogP contribution in [0.4, 0.5) is 5.69 Å². The van der Waals surface area contributed by atoms with Crippen LogP contribution in [0.3, 0.4) is 0 Å². The molecule has 1 fully saturated rings. The molecule has 1 heterocycles. The number of nitrogens with one attached hydrogen (secondary N) is 2. The Labute approximate surface area is 127 Å². The molecular formula is C18H26N2O. The largest absolute Gasteiger partial charge is 0.384 e. The Bertz CT molecular complexity index is 512. The molecule has 2 N–H and O–H groups in total. The Hall–Kier alpha value is -1.51. The van der Waals surface area contributed by atoms with Crippen LogP contribution in [0.5, 0.6) is 0 Å². The highest BCUT2D eigenvalue weighted by Gasteiger charge is 2.19. The Morgan fingerprint density at radius 3 is 3.14 bits per heavy atom. The van der Waals surface area contributed by atoms with Crippen LogP contribution in [-0.2, 0) is 6.42 Å². The molecule has 3 nitrogen and oxygen atoms in total. The summed E-state index contributed by atoms with van der Waals surface area (Å²) in [7, 11) is 0. The molecule has 1 amide bonds. The van der Waals surface area contributed by atoms with Gasteiger partial charge in [0.2, 0.25) is 0 Å². The predicted molar refractivity (Wildman–Crippen MR) is 86.7 cm³/mol. The lowest BCUT2D eigenvalue weighted by Gasteiger charge is -2.26. The smallest absolute Gasteiger partial charge is 0.251 e. The van der Waals surface area contributed by atoms with Crippen LogP contribution in [0.1, 0.15) is 54.9 Å². The average molecular weight is 286 g/mol. The van der Waals surface area contributed by atoms with E-state index in [-0.39, 0.29) is 5.91 Å². The number of hydrogen-bond donors (Lipinski definition) is 2. The SMILES string of the molecule is CC1CCCC(CCNC(=O)c2ccc3c(c2)CCN3)C1. The average Bonchev–Trinajstić information content (AvgIpc) is 2.94. The Morgan fingerprint density at radius 2 is 2.29 bits per heavy atom. The second-order valence-corrected chi connectivity index (χ2v) is 6.73. The summed E-state index contributed by atoms with van der Waals surface area (Å²) in [6.07, 6.45) is 7.56. The fraction of sp³-hybridized carbons (Fsp3) is 0.611. The quantitative estimate of drug-likeness (QED) is 0.888. The van der Waals surface area contributed by atoms with Gasteiger partial charge in [-0.2, -0.15) is 0 Å². The van der Waals surface area contributed by atoms with Gasteiger partial charge in [0.15, 0.2) is 0 Å². The van der Waals surface area contributed by atoms with Gasteiger partial charge in [0.1, 0.15) is 0 Å². The number of fused-ring (bicyclic) bond motifs is 1. The first-order chi connectivity index (χ1) is 10.2. The van der Waals surface area contributed by atoms with Crippen molar-refractivity contribution in [3.8, 4) is 0 Å². The third-order valence-electron chi connectivity index (χ3n) is 4.96. The fourth-order valence-corrected chi connectivity index (χ4v) is 3.76. The second-order valence-electron chi connectivity index (χ2n) is 6.73. The van der Waals surface area contributed by atoms with Crippen molar-refractivity contribution in [2.24, 2.45) is 11.8 Å². The number of anilines is 1. The lowest BCUT2D eigenvalue weighted by atomic mass is 9.81. The molecule has 1 aliphatic heterocycles. The van der Waals surface area contributed by atoms with Gasteiger partial charge in [-0.3, -0.25) is 4.79 Å². The molecule has 0 radical (unpaired) electrons. The van der Waals surface area contributed by atoms with Crippen LogP contribution in [0.25, 0.3) is 0 Å². The normalized spacial score (nSPS) is 24.2. The lowest BCUT2D eigenvalue weighted by molar-refractivity contribution is 0.0949. The van der Waals surface area contributed by atoms with Crippen molar-refractivity contribution >= 4 is 11.6 Å². The number of amides is 1. The van der Waals surface area contributed by atoms with Gasteiger partial charge in [0, 0.05) is 24.3 Å². The number of hydrogen-bond acceptors (Lipinski definition) is 2. The van der Waals surface area contributed by atoms with Gasteiger partial charge in [-0.1, -0.05) is 26.2 Å². The minimum Gasteiger partial charge on any atom is -0.384 e. The summed E-state index contributed by atoms with van der Waals surface area (Å²) in [4.78, 5) is 12.2. The molecule has 0 aromatic heterocycles. The minimum atomic E-state index is 0.0774. The Morgan fingerprint density at radius 1 is 1.38 bits per heavy atom. The van der Waals surface area contributed by atoms with E-state index in [1.54, 1.807) is 0 Å². The number of carbonyl (C=O) groups is 1. The molecule has 21 heavy (non-hydrogen) atoms. The van der Waals surface area contributed by atoms with E-state index in [9.17, 15) is 4.79 Å². The molecule has 2 atom stereocenters. The lowest BCUT2D eigenvalue weighted by Crippen LogP contribution is -2.27. The molecule has 3 heteroatoms. The zero-order chi connectivity index (χ0) is 14.7. The maximum atomic E-state index is 12.2. The van der Waals surface area contributed by atoms with E-state index in [1.165, 1.54) is 36.9 Å². The van der Waals surface area contributed by atoms with Crippen molar-refractivity contribution < 1.29 is 4.79 Å². The molecule has 1 aromatic rings. The third-order valence-corrected chi connectivity index (χ3v) is 4.96. The van der Waals surface area contributed by atoms with E-state index < -0.39 is 0 Å². The fourth-order valence-electron chi connectivity index (χ4n) is 3.76. The standard InChI is InChI=1S/C18H26N2O/c1-13-3-2-4-14(11-13)7-9-20-18(21)16-5-6-17-15(12-16)8-10-19-17/h5-6,12-14,19H,2-4,7-11H2,1H3,(H,20,21). The molecule has 0 bridgehead atoms. The topological polar surface area (TPSA) is 41.1 Å². The zero-order valence-corrected chi connectivity index (χ0v) is 13.0. The molecule has 2 aliphatic rings. The van der Waals surface area contributed by atoms with Gasteiger partial charge in [-0.15, -0.1) is 0 Å². The molecule has 2 unspecified atom stereocenters. The third kappa shape index (κ3) is 3.58. The van der Waals surface area contributed by atoms with Crippen LogP contribution < -0.4 is 10.6 Å². The van der Waals surface area contributed by atoms with Crippen LogP contribution >= 0.6 is 0 Å². The first-order valence-electron chi connectivity index (χ1n) is 8.37. The van der Waals surface area contributed by atoms with Gasteiger partial charge in [-0.05, 0) is 54.9 Å². The summed E-state index contributed by atoms with van der Waals surface area (Å²) >= 11 is 0. The summed E-state index contributed by atoms with van der Waals surface area (Å²) in [5.41, 5.74) is 3.25. The van der Waals surface area contributed by atoms with Gasteiger partial charge in [-0.25, -0.2) is 0 Å². The highest BCUT2D eigenvalue weighted by atomic mass is 16.1. The monoisotopic (exact) mass is 286 g/mol.